The fourth-order valence-electron chi connectivity index (χ4n) is 3.33. The van der Waals surface area contributed by atoms with E-state index in [-0.39, 0.29) is 0 Å². The summed E-state index contributed by atoms with van der Waals surface area (Å²) in [6, 6.07) is 22.4. The van der Waals surface area contributed by atoms with Gasteiger partial charge in [0.25, 0.3) is 0 Å². The number of rotatable bonds is 7. The average molecular weight is 399 g/mol. The summed E-state index contributed by atoms with van der Waals surface area (Å²) in [5.41, 5.74) is 3.88. The van der Waals surface area contributed by atoms with E-state index in [0.29, 0.717) is 12.1 Å². The molecule has 0 amide bonds. The summed E-state index contributed by atoms with van der Waals surface area (Å²) < 4.78 is 2.03. The van der Waals surface area contributed by atoms with Crippen molar-refractivity contribution in [2.24, 2.45) is 0 Å². The lowest BCUT2D eigenvalue weighted by Gasteiger charge is -2.08. The normalized spacial score (nSPS) is 10.8. The lowest BCUT2D eigenvalue weighted by molar-refractivity contribution is 0.619. The van der Waals surface area contributed by atoms with E-state index in [9.17, 15) is 5.26 Å². The van der Waals surface area contributed by atoms with Crippen molar-refractivity contribution in [2.45, 2.75) is 32.7 Å². The van der Waals surface area contributed by atoms with Gasteiger partial charge in [0.05, 0.1) is 23.1 Å². The van der Waals surface area contributed by atoms with Crippen LogP contribution in [-0.2, 0) is 13.0 Å². The maximum atomic E-state index is 9.34. The molecule has 0 N–H and O–H groups in total. The SMILES string of the molecule is CCCCc1nc(-c2cccs2)nn1Cc1ccc(-c2ccccc2C#N)cc1. The molecule has 0 bridgehead atoms. The second-order valence-electron chi connectivity index (χ2n) is 6.94. The zero-order chi connectivity index (χ0) is 20.1. The lowest BCUT2D eigenvalue weighted by atomic mass is 9.99. The highest BCUT2D eigenvalue weighted by atomic mass is 32.1. The molecule has 0 unspecified atom stereocenters. The molecule has 5 heteroatoms. The molecule has 2 aromatic heterocycles. The molecule has 0 fully saturated rings. The van der Waals surface area contributed by atoms with Crippen LogP contribution in [0.25, 0.3) is 21.8 Å². The molecular formula is C24H22N4S. The third kappa shape index (κ3) is 4.28. The Bertz CT molecular complexity index is 1120. The minimum absolute atomic E-state index is 0.692. The molecule has 0 aliphatic heterocycles. The van der Waals surface area contributed by atoms with Gasteiger partial charge in [-0.05, 0) is 40.6 Å². The van der Waals surface area contributed by atoms with E-state index < -0.39 is 0 Å². The molecule has 2 heterocycles. The Balaban J connectivity index is 1.59. The van der Waals surface area contributed by atoms with Crippen LogP contribution in [0.4, 0.5) is 0 Å². The minimum atomic E-state index is 0.692. The summed E-state index contributed by atoms with van der Waals surface area (Å²) in [7, 11) is 0. The third-order valence-corrected chi connectivity index (χ3v) is 5.75. The van der Waals surface area contributed by atoms with E-state index in [4.69, 9.17) is 10.1 Å². The van der Waals surface area contributed by atoms with E-state index in [1.165, 1.54) is 5.56 Å². The number of aromatic nitrogens is 3. The van der Waals surface area contributed by atoms with Crippen LogP contribution in [0.5, 0.6) is 0 Å². The van der Waals surface area contributed by atoms with Crippen LogP contribution >= 0.6 is 11.3 Å². The molecule has 4 aromatic rings. The van der Waals surface area contributed by atoms with Crippen molar-refractivity contribution in [2.75, 3.05) is 0 Å². The summed E-state index contributed by atoms with van der Waals surface area (Å²) in [5.74, 6) is 1.85. The molecule has 4 rings (SSSR count). The number of nitrogens with zero attached hydrogens (tertiary/aromatic N) is 4. The number of hydrogen-bond donors (Lipinski definition) is 0. The first-order valence-electron chi connectivity index (χ1n) is 9.84. The van der Waals surface area contributed by atoms with Crippen molar-refractivity contribution in [3.8, 4) is 27.9 Å². The number of nitriles is 1. The average Bonchev–Trinajstić information content (AvgIpc) is 3.43. The fraction of sp³-hybridized carbons (Fsp3) is 0.208. The van der Waals surface area contributed by atoms with Crippen LogP contribution in [-0.4, -0.2) is 14.8 Å². The zero-order valence-corrected chi connectivity index (χ0v) is 17.2. The highest BCUT2D eigenvalue weighted by Gasteiger charge is 2.13. The summed E-state index contributed by atoms with van der Waals surface area (Å²) in [5, 5.41) is 16.2. The highest BCUT2D eigenvalue weighted by molar-refractivity contribution is 7.13. The molecule has 144 valence electrons. The van der Waals surface area contributed by atoms with Gasteiger partial charge in [-0.2, -0.15) is 5.26 Å². The number of aryl methyl sites for hydroxylation is 1. The van der Waals surface area contributed by atoms with E-state index in [1.54, 1.807) is 11.3 Å². The second-order valence-corrected chi connectivity index (χ2v) is 7.89. The Hall–Kier alpha value is -3.23. The van der Waals surface area contributed by atoms with Crippen LogP contribution in [0, 0.1) is 11.3 Å². The Morgan fingerprint density at radius 1 is 1.03 bits per heavy atom. The largest absolute Gasteiger partial charge is 0.245 e. The van der Waals surface area contributed by atoms with Gasteiger partial charge in [-0.1, -0.05) is 61.9 Å². The van der Waals surface area contributed by atoms with E-state index in [1.807, 2.05) is 35.0 Å². The summed E-state index contributed by atoms with van der Waals surface area (Å²) in [4.78, 5) is 5.90. The standard InChI is InChI=1S/C24H22N4S/c1-2-3-10-23-26-24(22-9-6-15-29-22)27-28(23)17-18-11-13-19(14-12-18)21-8-5-4-7-20(21)16-25/h4-9,11-15H,2-3,10,17H2,1H3. The van der Waals surface area contributed by atoms with Crippen LogP contribution in [0.15, 0.2) is 66.0 Å². The number of hydrogen-bond acceptors (Lipinski definition) is 4. The maximum Gasteiger partial charge on any atom is 0.191 e. The first kappa shape index (κ1) is 19.1. The van der Waals surface area contributed by atoms with E-state index >= 15 is 0 Å². The number of unbranched alkanes of at least 4 members (excludes halogenated alkanes) is 1. The third-order valence-electron chi connectivity index (χ3n) is 4.89. The van der Waals surface area contributed by atoms with E-state index in [0.717, 1.165) is 46.9 Å². The Morgan fingerprint density at radius 3 is 2.59 bits per heavy atom. The summed E-state index contributed by atoms with van der Waals surface area (Å²) in [6.45, 7) is 2.89. The predicted octanol–water partition coefficient (Wildman–Crippen LogP) is 5.94. The predicted molar refractivity (Wildman–Crippen MR) is 118 cm³/mol. The quantitative estimate of drug-likeness (QED) is 0.387. The fourth-order valence-corrected chi connectivity index (χ4v) is 3.98. The minimum Gasteiger partial charge on any atom is -0.245 e. The lowest BCUT2D eigenvalue weighted by Crippen LogP contribution is -2.07. The summed E-state index contributed by atoms with van der Waals surface area (Å²) in [6.07, 6.45) is 3.17. The van der Waals surface area contributed by atoms with Crippen molar-refractivity contribution in [3.63, 3.8) is 0 Å². The Kier molecular flexibility index (Phi) is 5.83. The van der Waals surface area contributed by atoms with Crippen molar-refractivity contribution >= 4 is 11.3 Å². The van der Waals surface area contributed by atoms with Crippen molar-refractivity contribution < 1.29 is 0 Å². The van der Waals surface area contributed by atoms with Gasteiger partial charge in [-0.15, -0.1) is 16.4 Å². The molecule has 0 atom stereocenters. The van der Waals surface area contributed by atoms with Crippen LogP contribution in [0.3, 0.4) is 0 Å². The van der Waals surface area contributed by atoms with Crippen molar-refractivity contribution in [1.29, 1.82) is 5.26 Å². The van der Waals surface area contributed by atoms with Crippen molar-refractivity contribution in [3.05, 3.63) is 83.0 Å². The first-order chi connectivity index (χ1) is 14.3. The monoisotopic (exact) mass is 398 g/mol. The van der Waals surface area contributed by atoms with Gasteiger partial charge in [0.2, 0.25) is 0 Å². The van der Waals surface area contributed by atoms with Gasteiger partial charge in [0.1, 0.15) is 5.82 Å². The molecule has 0 aliphatic carbocycles. The van der Waals surface area contributed by atoms with Gasteiger partial charge in [0.15, 0.2) is 5.82 Å². The topological polar surface area (TPSA) is 54.5 Å². The van der Waals surface area contributed by atoms with Gasteiger partial charge in [-0.25, -0.2) is 9.67 Å². The van der Waals surface area contributed by atoms with Gasteiger partial charge < -0.3 is 0 Å². The first-order valence-corrected chi connectivity index (χ1v) is 10.7. The molecule has 4 nitrogen and oxygen atoms in total. The van der Waals surface area contributed by atoms with Crippen LogP contribution in [0.1, 0.15) is 36.7 Å². The van der Waals surface area contributed by atoms with Crippen LogP contribution in [0.2, 0.25) is 0 Å². The molecule has 0 radical (unpaired) electrons. The van der Waals surface area contributed by atoms with Gasteiger partial charge >= 0.3 is 0 Å². The number of thiophene rings is 1. The molecule has 0 spiro atoms. The Labute approximate surface area is 175 Å². The second kappa shape index (κ2) is 8.85. The molecule has 0 saturated carbocycles. The zero-order valence-electron chi connectivity index (χ0n) is 16.4. The van der Waals surface area contributed by atoms with Crippen LogP contribution < -0.4 is 0 Å². The molecule has 29 heavy (non-hydrogen) atoms. The molecule has 2 aromatic carbocycles. The Morgan fingerprint density at radius 2 is 1.86 bits per heavy atom. The smallest absolute Gasteiger partial charge is 0.191 e. The maximum absolute atomic E-state index is 9.34. The molecule has 0 aliphatic rings. The summed E-state index contributed by atoms with van der Waals surface area (Å²) >= 11 is 1.67. The number of benzene rings is 2. The van der Waals surface area contributed by atoms with Gasteiger partial charge in [-0.3, -0.25) is 0 Å². The van der Waals surface area contributed by atoms with Gasteiger partial charge in [0, 0.05) is 6.42 Å². The van der Waals surface area contributed by atoms with E-state index in [2.05, 4.69) is 48.7 Å². The highest BCUT2D eigenvalue weighted by Crippen LogP contribution is 2.25. The van der Waals surface area contributed by atoms with Crippen molar-refractivity contribution in [1.82, 2.24) is 14.8 Å². The molecule has 0 saturated heterocycles. The molecular weight excluding hydrogens is 376 g/mol.